The summed E-state index contributed by atoms with van der Waals surface area (Å²) in [5.41, 5.74) is 12.2. The highest BCUT2D eigenvalue weighted by Gasteiger charge is 2.19. The van der Waals surface area contributed by atoms with Crippen molar-refractivity contribution in [1.29, 1.82) is 0 Å². The van der Waals surface area contributed by atoms with Crippen LogP contribution in [0, 0.1) is 0 Å². The summed E-state index contributed by atoms with van der Waals surface area (Å²) in [6.45, 7) is 0. The molecular formula is C50H33NO. The molecule has 0 radical (unpaired) electrons. The van der Waals surface area contributed by atoms with Gasteiger partial charge in [0.05, 0.1) is 11.1 Å². The second-order valence-electron chi connectivity index (χ2n) is 13.4. The van der Waals surface area contributed by atoms with E-state index in [1.165, 1.54) is 54.9 Å². The number of fused-ring (bicyclic) bond motifs is 5. The molecule has 1 aromatic heterocycles. The van der Waals surface area contributed by atoms with E-state index in [1.807, 2.05) is 12.1 Å². The average molecular weight is 664 g/mol. The molecule has 10 aromatic rings. The van der Waals surface area contributed by atoms with Gasteiger partial charge in [0.15, 0.2) is 0 Å². The highest BCUT2D eigenvalue weighted by atomic mass is 16.3. The van der Waals surface area contributed by atoms with Crippen LogP contribution in [-0.2, 0) is 0 Å². The molecule has 9 aromatic carbocycles. The van der Waals surface area contributed by atoms with Gasteiger partial charge in [0.2, 0.25) is 0 Å². The van der Waals surface area contributed by atoms with Crippen LogP contribution in [0.1, 0.15) is 0 Å². The van der Waals surface area contributed by atoms with Gasteiger partial charge in [-0.15, -0.1) is 0 Å². The molecule has 0 spiro atoms. The maximum absolute atomic E-state index is 6.35. The molecule has 0 bridgehead atoms. The van der Waals surface area contributed by atoms with Crippen LogP contribution in [0.4, 0.5) is 17.1 Å². The van der Waals surface area contributed by atoms with Crippen molar-refractivity contribution in [2.75, 3.05) is 4.90 Å². The van der Waals surface area contributed by atoms with E-state index in [-0.39, 0.29) is 0 Å². The summed E-state index contributed by atoms with van der Waals surface area (Å²) in [5.74, 6) is 0. The molecule has 0 saturated carbocycles. The Morgan fingerprint density at radius 2 is 0.769 bits per heavy atom. The van der Waals surface area contributed by atoms with Gasteiger partial charge < -0.3 is 9.32 Å². The summed E-state index contributed by atoms with van der Waals surface area (Å²) in [6.07, 6.45) is 0. The van der Waals surface area contributed by atoms with Crippen molar-refractivity contribution >= 4 is 60.5 Å². The summed E-state index contributed by atoms with van der Waals surface area (Å²) in [4.78, 5) is 2.35. The van der Waals surface area contributed by atoms with E-state index in [4.69, 9.17) is 4.42 Å². The van der Waals surface area contributed by atoms with E-state index in [9.17, 15) is 0 Å². The Morgan fingerprint density at radius 3 is 1.40 bits per heavy atom. The summed E-state index contributed by atoms with van der Waals surface area (Å²) < 4.78 is 6.35. The van der Waals surface area contributed by atoms with Crippen LogP contribution < -0.4 is 4.90 Å². The zero-order chi connectivity index (χ0) is 34.4. The molecule has 0 unspecified atom stereocenters. The first kappa shape index (κ1) is 30.0. The summed E-state index contributed by atoms with van der Waals surface area (Å²) in [7, 11) is 0. The molecule has 244 valence electrons. The topological polar surface area (TPSA) is 16.4 Å². The first-order valence-corrected chi connectivity index (χ1v) is 17.7. The maximum Gasteiger partial charge on any atom is 0.137 e. The Bertz CT molecular complexity index is 2900. The van der Waals surface area contributed by atoms with Gasteiger partial charge in [0, 0.05) is 16.8 Å². The van der Waals surface area contributed by atoms with Crippen LogP contribution in [0.2, 0.25) is 0 Å². The van der Waals surface area contributed by atoms with Gasteiger partial charge in [0.25, 0.3) is 0 Å². The lowest BCUT2D eigenvalue weighted by atomic mass is 9.97. The van der Waals surface area contributed by atoms with Gasteiger partial charge in [-0.05, 0) is 116 Å². The third-order valence-electron chi connectivity index (χ3n) is 10.2. The minimum absolute atomic E-state index is 0.874. The van der Waals surface area contributed by atoms with E-state index >= 15 is 0 Å². The van der Waals surface area contributed by atoms with Gasteiger partial charge >= 0.3 is 0 Å². The smallest absolute Gasteiger partial charge is 0.137 e. The minimum atomic E-state index is 0.874. The molecule has 0 saturated heterocycles. The quantitative estimate of drug-likeness (QED) is 0.176. The minimum Gasteiger partial charge on any atom is -0.456 e. The van der Waals surface area contributed by atoms with Crippen molar-refractivity contribution in [3.63, 3.8) is 0 Å². The highest BCUT2D eigenvalue weighted by molar-refractivity contribution is 6.13. The Labute approximate surface area is 302 Å². The van der Waals surface area contributed by atoms with E-state index < -0.39 is 0 Å². The van der Waals surface area contributed by atoms with Crippen LogP contribution in [0.15, 0.2) is 205 Å². The fraction of sp³-hybridized carbons (Fsp3) is 0. The molecular weight excluding hydrogens is 631 g/mol. The Hall–Kier alpha value is -6.90. The monoisotopic (exact) mass is 663 g/mol. The number of hydrogen-bond acceptors (Lipinski definition) is 2. The Balaban J connectivity index is 1.06. The van der Waals surface area contributed by atoms with Crippen LogP contribution in [0.3, 0.4) is 0 Å². The summed E-state index contributed by atoms with van der Waals surface area (Å²) >= 11 is 0. The van der Waals surface area contributed by atoms with Crippen molar-refractivity contribution in [2.24, 2.45) is 0 Å². The first-order valence-electron chi connectivity index (χ1n) is 17.7. The number of hydrogen-bond donors (Lipinski definition) is 0. The van der Waals surface area contributed by atoms with Crippen molar-refractivity contribution < 1.29 is 4.42 Å². The first-order chi connectivity index (χ1) is 25.7. The fourth-order valence-electron chi connectivity index (χ4n) is 7.59. The van der Waals surface area contributed by atoms with Crippen LogP contribution in [0.25, 0.3) is 76.9 Å². The number of para-hydroxylation sites is 1. The van der Waals surface area contributed by atoms with Gasteiger partial charge in [0.1, 0.15) is 11.2 Å². The van der Waals surface area contributed by atoms with E-state index in [1.54, 1.807) is 0 Å². The standard InChI is InChI=1S/C50H33NO/c1-3-11-38-32-42(21-19-34(38)9-1)37-25-29-45(30-26-37)51(47-16-8-18-49-50(47)46-15-5-6-17-48(46)52-49)44-27-23-36(24-28-44)40-13-7-14-41(31-40)43-22-20-35-10-2-4-12-39(35)33-43/h1-33H. The van der Waals surface area contributed by atoms with Crippen molar-refractivity contribution in [2.45, 2.75) is 0 Å². The maximum atomic E-state index is 6.35. The number of benzene rings is 9. The van der Waals surface area contributed by atoms with Crippen molar-refractivity contribution in [1.82, 2.24) is 0 Å². The number of rotatable bonds is 6. The molecule has 2 heteroatoms. The Kier molecular flexibility index (Phi) is 7.18. The molecule has 0 atom stereocenters. The molecule has 0 aliphatic heterocycles. The zero-order valence-electron chi connectivity index (χ0n) is 28.4. The lowest BCUT2D eigenvalue weighted by Gasteiger charge is -2.26. The normalized spacial score (nSPS) is 11.5. The SMILES string of the molecule is c1cc(-c2ccc(N(c3ccc(-c4ccc5ccccc5c4)cc3)c3cccc4oc5ccccc5c34)cc2)cc(-c2ccc3ccccc3c2)c1. The zero-order valence-corrected chi connectivity index (χ0v) is 28.4. The molecule has 2 nitrogen and oxygen atoms in total. The predicted molar refractivity (Wildman–Crippen MR) is 220 cm³/mol. The van der Waals surface area contributed by atoms with Gasteiger partial charge in [-0.2, -0.15) is 0 Å². The molecule has 1 heterocycles. The number of furan rings is 1. The molecule has 0 N–H and O–H groups in total. The van der Waals surface area contributed by atoms with E-state index in [2.05, 4.69) is 193 Å². The van der Waals surface area contributed by atoms with E-state index in [0.29, 0.717) is 0 Å². The Morgan fingerprint density at radius 1 is 0.308 bits per heavy atom. The third-order valence-corrected chi connectivity index (χ3v) is 10.2. The van der Waals surface area contributed by atoms with Gasteiger partial charge in [-0.1, -0.05) is 140 Å². The van der Waals surface area contributed by atoms with Crippen LogP contribution in [-0.4, -0.2) is 0 Å². The van der Waals surface area contributed by atoms with Gasteiger partial charge in [-0.3, -0.25) is 0 Å². The van der Waals surface area contributed by atoms with Gasteiger partial charge in [-0.25, -0.2) is 0 Å². The second-order valence-corrected chi connectivity index (χ2v) is 13.4. The summed E-state index contributed by atoms with van der Waals surface area (Å²) in [6, 6.07) is 71.8. The molecule has 52 heavy (non-hydrogen) atoms. The highest BCUT2D eigenvalue weighted by Crippen LogP contribution is 2.43. The molecule has 0 aliphatic carbocycles. The molecule has 0 amide bonds. The van der Waals surface area contributed by atoms with Crippen molar-refractivity contribution in [3.8, 4) is 33.4 Å². The average Bonchev–Trinajstić information content (AvgIpc) is 3.61. The third kappa shape index (κ3) is 5.30. The second kappa shape index (κ2) is 12.5. The van der Waals surface area contributed by atoms with Crippen LogP contribution >= 0.6 is 0 Å². The predicted octanol–water partition coefficient (Wildman–Crippen LogP) is 14.4. The molecule has 0 aliphatic rings. The lowest BCUT2D eigenvalue weighted by molar-refractivity contribution is 0.669. The summed E-state index contributed by atoms with van der Waals surface area (Å²) in [5, 5.41) is 7.20. The van der Waals surface area contributed by atoms with Crippen LogP contribution in [0.5, 0.6) is 0 Å². The van der Waals surface area contributed by atoms with E-state index in [0.717, 1.165) is 39.0 Å². The van der Waals surface area contributed by atoms with Crippen molar-refractivity contribution in [3.05, 3.63) is 200 Å². The fourth-order valence-corrected chi connectivity index (χ4v) is 7.59. The molecule has 10 rings (SSSR count). The largest absolute Gasteiger partial charge is 0.456 e. The molecule has 0 fully saturated rings. The number of anilines is 3. The number of nitrogens with zero attached hydrogens (tertiary/aromatic N) is 1. The lowest BCUT2D eigenvalue weighted by Crippen LogP contribution is -2.10.